The SMILES string of the molecule is CN/C=C\C(=N)CNC(C)=O. The molecule has 0 bridgehead atoms. The molecular weight excluding hydrogens is 142 g/mol. The molecule has 0 fully saturated rings. The molecule has 0 aromatic carbocycles. The predicted octanol–water partition coefficient (Wildman–Crippen LogP) is -0.125. The summed E-state index contributed by atoms with van der Waals surface area (Å²) in [5.41, 5.74) is 0.370. The van der Waals surface area contributed by atoms with Crippen LogP contribution >= 0.6 is 0 Å². The zero-order valence-electron chi connectivity index (χ0n) is 6.77. The highest BCUT2D eigenvalue weighted by Gasteiger charge is 1.91. The van der Waals surface area contributed by atoms with Gasteiger partial charge in [0.1, 0.15) is 0 Å². The number of carbonyl (C=O) groups excluding carboxylic acids is 1. The molecule has 4 nitrogen and oxygen atoms in total. The summed E-state index contributed by atoms with van der Waals surface area (Å²) in [5.74, 6) is -0.118. The predicted molar refractivity (Wildman–Crippen MR) is 44.6 cm³/mol. The third-order valence-electron chi connectivity index (χ3n) is 0.979. The van der Waals surface area contributed by atoms with E-state index in [-0.39, 0.29) is 12.5 Å². The van der Waals surface area contributed by atoms with Crippen LogP contribution in [0.25, 0.3) is 0 Å². The number of rotatable bonds is 4. The highest BCUT2D eigenvalue weighted by molar-refractivity contribution is 5.95. The van der Waals surface area contributed by atoms with Crippen LogP contribution in [0.1, 0.15) is 6.92 Å². The summed E-state index contributed by atoms with van der Waals surface area (Å²) < 4.78 is 0. The second kappa shape index (κ2) is 5.46. The molecule has 1 amide bonds. The zero-order valence-corrected chi connectivity index (χ0v) is 6.77. The van der Waals surface area contributed by atoms with Crippen LogP contribution in [0.5, 0.6) is 0 Å². The minimum absolute atomic E-state index is 0.118. The fourth-order valence-corrected chi connectivity index (χ4v) is 0.463. The van der Waals surface area contributed by atoms with Gasteiger partial charge >= 0.3 is 0 Å². The summed E-state index contributed by atoms with van der Waals surface area (Å²) in [6, 6.07) is 0. The highest BCUT2D eigenvalue weighted by Crippen LogP contribution is 1.73. The van der Waals surface area contributed by atoms with E-state index in [2.05, 4.69) is 10.6 Å². The van der Waals surface area contributed by atoms with Crippen LogP contribution in [0.15, 0.2) is 12.3 Å². The van der Waals surface area contributed by atoms with Gasteiger partial charge < -0.3 is 16.0 Å². The summed E-state index contributed by atoms with van der Waals surface area (Å²) in [4.78, 5) is 10.4. The summed E-state index contributed by atoms with van der Waals surface area (Å²) in [5, 5.41) is 12.5. The lowest BCUT2D eigenvalue weighted by atomic mass is 10.3. The van der Waals surface area contributed by atoms with E-state index in [1.807, 2.05) is 0 Å². The van der Waals surface area contributed by atoms with Crippen LogP contribution in [0.2, 0.25) is 0 Å². The second-order valence-corrected chi connectivity index (χ2v) is 2.06. The van der Waals surface area contributed by atoms with Crippen molar-refractivity contribution < 1.29 is 4.79 Å². The van der Waals surface area contributed by atoms with E-state index >= 15 is 0 Å². The molecule has 0 aromatic rings. The highest BCUT2D eigenvalue weighted by atomic mass is 16.1. The first kappa shape index (κ1) is 9.68. The molecule has 3 N–H and O–H groups in total. The largest absolute Gasteiger partial charge is 0.394 e. The van der Waals surface area contributed by atoms with Gasteiger partial charge in [0.05, 0.1) is 12.3 Å². The van der Waals surface area contributed by atoms with Crippen molar-refractivity contribution in [1.29, 1.82) is 5.41 Å². The third kappa shape index (κ3) is 6.57. The van der Waals surface area contributed by atoms with Crippen LogP contribution in [-0.4, -0.2) is 25.2 Å². The van der Waals surface area contributed by atoms with Gasteiger partial charge in [-0.05, 0) is 12.3 Å². The van der Waals surface area contributed by atoms with E-state index in [0.717, 1.165) is 0 Å². The molecule has 0 saturated heterocycles. The Kier molecular flexibility index (Phi) is 4.81. The van der Waals surface area contributed by atoms with Crippen molar-refractivity contribution in [3.63, 3.8) is 0 Å². The van der Waals surface area contributed by atoms with E-state index in [4.69, 9.17) is 5.41 Å². The molecule has 0 radical (unpaired) electrons. The van der Waals surface area contributed by atoms with Gasteiger partial charge in [0, 0.05) is 14.0 Å². The average molecular weight is 155 g/mol. The molecule has 0 atom stereocenters. The number of hydrogen-bond acceptors (Lipinski definition) is 3. The first-order valence-electron chi connectivity index (χ1n) is 3.32. The lowest BCUT2D eigenvalue weighted by molar-refractivity contribution is -0.118. The van der Waals surface area contributed by atoms with Crippen molar-refractivity contribution in [2.24, 2.45) is 0 Å². The number of amides is 1. The maximum atomic E-state index is 10.4. The Morgan fingerprint density at radius 1 is 1.64 bits per heavy atom. The van der Waals surface area contributed by atoms with Gasteiger partial charge in [-0.3, -0.25) is 4.79 Å². The van der Waals surface area contributed by atoms with E-state index in [1.165, 1.54) is 6.92 Å². The van der Waals surface area contributed by atoms with Crippen LogP contribution in [-0.2, 0) is 4.79 Å². The maximum Gasteiger partial charge on any atom is 0.217 e. The Morgan fingerprint density at radius 3 is 2.73 bits per heavy atom. The Labute approximate surface area is 66.2 Å². The standard InChI is InChI=1S/C7H13N3O/c1-6(11)10-5-7(8)3-4-9-2/h3-4,8-9H,5H2,1-2H3,(H,10,11)/b4-3-,8-7?. The zero-order chi connectivity index (χ0) is 8.69. The Bertz CT molecular complexity index is 175. The monoisotopic (exact) mass is 155 g/mol. The van der Waals surface area contributed by atoms with E-state index in [9.17, 15) is 4.79 Å². The lowest BCUT2D eigenvalue weighted by Gasteiger charge is -1.98. The summed E-state index contributed by atoms with van der Waals surface area (Å²) >= 11 is 0. The van der Waals surface area contributed by atoms with E-state index < -0.39 is 0 Å². The van der Waals surface area contributed by atoms with Crippen molar-refractivity contribution in [3.05, 3.63) is 12.3 Å². The lowest BCUT2D eigenvalue weighted by Crippen LogP contribution is -2.25. The molecule has 0 aliphatic carbocycles. The maximum absolute atomic E-state index is 10.4. The molecule has 0 rings (SSSR count). The van der Waals surface area contributed by atoms with Gasteiger partial charge in [-0.25, -0.2) is 0 Å². The fourth-order valence-electron chi connectivity index (χ4n) is 0.463. The summed E-state index contributed by atoms with van der Waals surface area (Å²) in [6.45, 7) is 1.71. The van der Waals surface area contributed by atoms with Crippen molar-refractivity contribution in [2.75, 3.05) is 13.6 Å². The molecule has 0 aromatic heterocycles. The smallest absolute Gasteiger partial charge is 0.217 e. The van der Waals surface area contributed by atoms with Crippen molar-refractivity contribution in [3.8, 4) is 0 Å². The van der Waals surface area contributed by atoms with Gasteiger partial charge in [0.2, 0.25) is 5.91 Å². The Hall–Kier alpha value is -1.32. The van der Waals surface area contributed by atoms with Crippen molar-refractivity contribution in [2.45, 2.75) is 6.92 Å². The number of carbonyl (C=O) groups is 1. The Balaban J connectivity index is 3.53. The van der Waals surface area contributed by atoms with Gasteiger partial charge in [-0.2, -0.15) is 0 Å². The molecule has 0 aliphatic rings. The minimum Gasteiger partial charge on any atom is -0.394 e. The van der Waals surface area contributed by atoms with E-state index in [0.29, 0.717) is 5.71 Å². The van der Waals surface area contributed by atoms with Crippen LogP contribution in [0.4, 0.5) is 0 Å². The first-order chi connectivity index (χ1) is 5.16. The Morgan fingerprint density at radius 2 is 2.27 bits per heavy atom. The third-order valence-corrected chi connectivity index (χ3v) is 0.979. The molecule has 11 heavy (non-hydrogen) atoms. The molecule has 0 heterocycles. The molecule has 62 valence electrons. The topological polar surface area (TPSA) is 65.0 Å². The van der Waals surface area contributed by atoms with Crippen molar-refractivity contribution >= 4 is 11.6 Å². The van der Waals surface area contributed by atoms with Gasteiger partial charge in [-0.1, -0.05) is 0 Å². The molecule has 0 unspecified atom stereocenters. The number of nitrogens with one attached hydrogen (secondary N) is 3. The average Bonchev–Trinajstić information content (AvgIpc) is 1.97. The van der Waals surface area contributed by atoms with Crippen LogP contribution < -0.4 is 10.6 Å². The fraction of sp³-hybridized carbons (Fsp3) is 0.429. The van der Waals surface area contributed by atoms with Crippen LogP contribution in [0, 0.1) is 5.41 Å². The second-order valence-electron chi connectivity index (χ2n) is 2.06. The normalized spacial score (nSPS) is 9.64. The molecule has 4 heteroatoms. The summed E-state index contributed by atoms with van der Waals surface area (Å²) in [7, 11) is 1.75. The first-order valence-corrected chi connectivity index (χ1v) is 3.32. The summed E-state index contributed by atoms with van der Waals surface area (Å²) in [6.07, 6.45) is 3.24. The van der Waals surface area contributed by atoms with Gasteiger partial charge in [0.25, 0.3) is 0 Å². The molecule has 0 spiro atoms. The van der Waals surface area contributed by atoms with Gasteiger partial charge in [-0.15, -0.1) is 0 Å². The number of hydrogen-bond donors (Lipinski definition) is 3. The van der Waals surface area contributed by atoms with Gasteiger partial charge in [0.15, 0.2) is 0 Å². The van der Waals surface area contributed by atoms with Crippen molar-refractivity contribution in [1.82, 2.24) is 10.6 Å². The minimum atomic E-state index is -0.118. The quantitative estimate of drug-likeness (QED) is 0.495. The molecule has 0 aliphatic heterocycles. The van der Waals surface area contributed by atoms with Crippen LogP contribution in [0.3, 0.4) is 0 Å². The molecule has 0 saturated carbocycles. The van der Waals surface area contributed by atoms with E-state index in [1.54, 1.807) is 19.3 Å². The molecular formula is C7H13N3O.